The molecule has 33 heavy (non-hydrogen) atoms. The van der Waals surface area contributed by atoms with Crippen molar-refractivity contribution in [2.24, 2.45) is 0 Å². The van der Waals surface area contributed by atoms with E-state index >= 15 is 0 Å². The molecule has 2 aromatic heterocycles. The van der Waals surface area contributed by atoms with Crippen molar-refractivity contribution in [3.63, 3.8) is 0 Å². The predicted octanol–water partition coefficient (Wildman–Crippen LogP) is 3.83. The smallest absolute Gasteiger partial charge is 0.252 e. The van der Waals surface area contributed by atoms with Crippen LogP contribution in [0.5, 0.6) is 5.75 Å². The van der Waals surface area contributed by atoms with E-state index in [2.05, 4.69) is 50.1 Å². The molecule has 7 nitrogen and oxygen atoms in total. The summed E-state index contributed by atoms with van der Waals surface area (Å²) < 4.78 is 0. The van der Waals surface area contributed by atoms with Gasteiger partial charge in [-0.15, -0.1) is 0 Å². The summed E-state index contributed by atoms with van der Waals surface area (Å²) >= 11 is 0. The lowest BCUT2D eigenvalue weighted by Crippen LogP contribution is -2.39. The van der Waals surface area contributed by atoms with Crippen LogP contribution in [0.4, 0.5) is 0 Å². The second kappa shape index (κ2) is 7.71. The quantitative estimate of drug-likeness (QED) is 0.389. The highest BCUT2D eigenvalue weighted by Gasteiger charge is 2.44. The predicted molar refractivity (Wildman–Crippen MR) is 126 cm³/mol. The van der Waals surface area contributed by atoms with Crippen molar-refractivity contribution < 1.29 is 9.90 Å². The van der Waals surface area contributed by atoms with Crippen LogP contribution in [0.15, 0.2) is 60.8 Å². The molecule has 7 heteroatoms. The number of benzene rings is 2. The third-order valence-electron chi connectivity index (χ3n) is 7.20. The van der Waals surface area contributed by atoms with Crippen LogP contribution in [0.3, 0.4) is 0 Å². The molecule has 3 heterocycles. The Morgan fingerprint density at radius 3 is 2.70 bits per heavy atom. The van der Waals surface area contributed by atoms with Crippen LogP contribution in [0.2, 0.25) is 0 Å². The second-order valence-electron chi connectivity index (χ2n) is 9.08. The molecule has 1 saturated heterocycles. The van der Waals surface area contributed by atoms with Crippen molar-refractivity contribution in [1.82, 2.24) is 25.8 Å². The second-order valence-corrected chi connectivity index (χ2v) is 9.08. The molecular weight excluding hydrogens is 414 g/mol. The molecule has 1 aliphatic heterocycles. The fourth-order valence-corrected chi connectivity index (χ4v) is 5.53. The van der Waals surface area contributed by atoms with Gasteiger partial charge in [-0.3, -0.25) is 9.89 Å². The number of rotatable bonds is 3. The average molecular weight is 440 g/mol. The van der Waals surface area contributed by atoms with E-state index in [4.69, 9.17) is 0 Å². The summed E-state index contributed by atoms with van der Waals surface area (Å²) in [5, 5.41) is 24.1. The Hall–Kier alpha value is -3.71. The van der Waals surface area contributed by atoms with Gasteiger partial charge in [0.25, 0.3) is 5.91 Å². The van der Waals surface area contributed by atoms with Crippen molar-refractivity contribution in [1.29, 1.82) is 0 Å². The van der Waals surface area contributed by atoms with Gasteiger partial charge in [-0.2, -0.15) is 5.10 Å². The number of carbonyl (C=O) groups excluding carboxylic acids is 1. The van der Waals surface area contributed by atoms with Crippen LogP contribution >= 0.6 is 0 Å². The number of hydrogen-bond acceptors (Lipinski definition) is 5. The highest BCUT2D eigenvalue weighted by Crippen LogP contribution is 2.49. The molecule has 1 unspecified atom stereocenters. The molecule has 6 rings (SSSR count). The molecule has 166 valence electrons. The number of fused-ring (bicyclic) bond motifs is 3. The van der Waals surface area contributed by atoms with Gasteiger partial charge in [0, 0.05) is 11.0 Å². The van der Waals surface area contributed by atoms with Gasteiger partial charge in [0.05, 0.1) is 28.9 Å². The van der Waals surface area contributed by atoms with E-state index in [1.54, 1.807) is 36.5 Å². The number of hydrogen-bond donors (Lipinski definition) is 4. The van der Waals surface area contributed by atoms with E-state index in [9.17, 15) is 9.90 Å². The largest absolute Gasteiger partial charge is 0.508 e. The lowest BCUT2D eigenvalue weighted by molar-refractivity contribution is 0.0933. The fraction of sp³-hybridized carbons (Fsp3) is 0.269. The van der Waals surface area contributed by atoms with Crippen molar-refractivity contribution in [2.45, 2.75) is 30.7 Å². The minimum absolute atomic E-state index is 0.0287. The van der Waals surface area contributed by atoms with Gasteiger partial charge in [0.2, 0.25) is 0 Å². The molecule has 1 atom stereocenters. The molecule has 0 radical (unpaired) electrons. The Morgan fingerprint density at radius 2 is 1.88 bits per heavy atom. The number of carbonyl (C=O) groups is 1. The SMILES string of the molecule is O=C(NC1CC2(CCNCC2)c2ccccc21)c1cc(-c2ccc(O)cc2)nc2[nH]ncc12. The summed E-state index contributed by atoms with van der Waals surface area (Å²) in [5.74, 6) is 0.0562. The first-order valence-corrected chi connectivity index (χ1v) is 11.4. The summed E-state index contributed by atoms with van der Waals surface area (Å²) in [6, 6.07) is 17.1. The maximum absolute atomic E-state index is 13.6. The molecule has 1 aliphatic carbocycles. The van der Waals surface area contributed by atoms with E-state index < -0.39 is 0 Å². The van der Waals surface area contributed by atoms with Crippen molar-refractivity contribution >= 4 is 16.9 Å². The summed E-state index contributed by atoms with van der Waals surface area (Å²) in [6.45, 7) is 2.01. The molecule has 1 spiro atoms. The van der Waals surface area contributed by atoms with Crippen molar-refractivity contribution in [2.75, 3.05) is 13.1 Å². The maximum Gasteiger partial charge on any atom is 0.252 e. The summed E-state index contributed by atoms with van der Waals surface area (Å²) in [6.07, 6.45) is 4.74. The topological polar surface area (TPSA) is 103 Å². The van der Waals surface area contributed by atoms with Gasteiger partial charge in [0.1, 0.15) is 5.75 Å². The van der Waals surface area contributed by atoms with Gasteiger partial charge in [-0.25, -0.2) is 4.98 Å². The maximum atomic E-state index is 13.6. The molecule has 4 N–H and O–H groups in total. The van der Waals surface area contributed by atoms with E-state index in [1.807, 2.05) is 0 Å². The number of piperidine rings is 1. The summed E-state index contributed by atoms with van der Waals surface area (Å²) in [5.41, 5.74) is 5.30. The third-order valence-corrected chi connectivity index (χ3v) is 7.20. The highest BCUT2D eigenvalue weighted by atomic mass is 16.3. The Balaban J connectivity index is 1.36. The van der Waals surface area contributed by atoms with Crippen LogP contribution in [0.25, 0.3) is 22.3 Å². The number of amides is 1. The number of aromatic nitrogens is 3. The summed E-state index contributed by atoms with van der Waals surface area (Å²) in [4.78, 5) is 18.2. The molecule has 0 bridgehead atoms. The lowest BCUT2D eigenvalue weighted by Gasteiger charge is -2.35. The lowest BCUT2D eigenvalue weighted by atomic mass is 9.74. The normalized spacial score (nSPS) is 19.0. The first-order valence-electron chi connectivity index (χ1n) is 11.4. The van der Waals surface area contributed by atoms with Crippen LogP contribution in [0.1, 0.15) is 46.8 Å². The Morgan fingerprint density at radius 1 is 1.09 bits per heavy atom. The first kappa shape index (κ1) is 19.9. The van der Waals surface area contributed by atoms with E-state index in [0.29, 0.717) is 22.3 Å². The zero-order valence-electron chi connectivity index (χ0n) is 18.1. The van der Waals surface area contributed by atoms with Crippen LogP contribution in [-0.4, -0.2) is 39.3 Å². The number of pyridine rings is 1. The monoisotopic (exact) mass is 439 g/mol. The minimum atomic E-state index is -0.130. The van der Waals surface area contributed by atoms with Gasteiger partial charge in [-0.05, 0) is 73.8 Å². The molecule has 2 aromatic carbocycles. The molecule has 4 aromatic rings. The number of phenols is 1. The number of aromatic hydroxyl groups is 1. The van der Waals surface area contributed by atoms with Gasteiger partial charge in [-0.1, -0.05) is 24.3 Å². The van der Waals surface area contributed by atoms with E-state index in [0.717, 1.165) is 37.9 Å². The Kier molecular flexibility index (Phi) is 4.66. The van der Waals surface area contributed by atoms with E-state index in [-0.39, 0.29) is 23.1 Å². The molecule has 0 saturated carbocycles. The summed E-state index contributed by atoms with van der Waals surface area (Å²) in [7, 11) is 0. The zero-order chi connectivity index (χ0) is 22.4. The number of aromatic amines is 1. The molecule has 1 amide bonds. The number of phenolic OH excluding ortho intramolecular Hbond substituents is 1. The molecule has 2 aliphatic rings. The van der Waals surface area contributed by atoms with Crippen LogP contribution < -0.4 is 10.6 Å². The molecule has 1 fully saturated rings. The standard InChI is InChI=1S/C26H25N5O2/c32-17-7-5-16(6-8-17)22-13-19(20-15-28-31-24(20)29-22)25(33)30-23-14-26(9-11-27-12-10-26)21-4-2-1-3-18(21)23/h1-8,13,15,23,27,32H,9-12,14H2,(H,30,33)(H,28,29,31). The average Bonchev–Trinajstić information content (AvgIpc) is 3.43. The Labute approximate surface area is 191 Å². The van der Waals surface area contributed by atoms with Gasteiger partial charge >= 0.3 is 0 Å². The zero-order valence-corrected chi connectivity index (χ0v) is 18.1. The third kappa shape index (κ3) is 3.36. The Bertz CT molecular complexity index is 1340. The van der Waals surface area contributed by atoms with Crippen molar-refractivity contribution in [3.8, 4) is 17.0 Å². The number of H-pyrrole nitrogens is 1. The van der Waals surface area contributed by atoms with Crippen molar-refractivity contribution in [3.05, 3.63) is 77.5 Å². The molecular formula is C26H25N5O2. The first-order chi connectivity index (χ1) is 16.1. The highest BCUT2D eigenvalue weighted by molar-refractivity contribution is 6.06. The number of nitrogens with zero attached hydrogens (tertiary/aromatic N) is 2. The fourth-order valence-electron chi connectivity index (χ4n) is 5.53. The minimum Gasteiger partial charge on any atom is -0.508 e. The van der Waals surface area contributed by atoms with Crippen LogP contribution in [0, 0.1) is 0 Å². The van der Waals surface area contributed by atoms with Gasteiger partial charge in [0.15, 0.2) is 5.65 Å². The van der Waals surface area contributed by atoms with E-state index in [1.165, 1.54) is 11.1 Å². The van der Waals surface area contributed by atoms with Crippen LogP contribution in [-0.2, 0) is 5.41 Å². The number of nitrogens with one attached hydrogen (secondary N) is 3. The van der Waals surface area contributed by atoms with Gasteiger partial charge < -0.3 is 15.7 Å².